The van der Waals surface area contributed by atoms with Gasteiger partial charge in [-0.25, -0.2) is 0 Å². The normalized spacial score (nSPS) is 8.22. The first-order valence-electron chi connectivity index (χ1n) is 12.6. The van der Waals surface area contributed by atoms with Crippen molar-refractivity contribution in [3.05, 3.63) is 124 Å². The number of rotatable bonds is 3. The molecule has 0 amide bonds. The van der Waals surface area contributed by atoms with Crippen molar-refractivity contribution in [1.82, 2.24) is 0 Å². The van der Waals surface area contributed by atoms with Gasteiger partial charge in [0.1, 0.15) is 15.1 Å². The van der Waals surface area contributed by atoms with E-state index in [0.717, 1.165) is 9.75 Å². The van der Waals surface area contributed by atoms with E-state index >= 15 is 0 Å². The Labute approximate surface area is 304 Å². The molecule has 0 radical (unpaired) electrons. The fourth-order valence-corrected chi connectivity index (χ4v) is 5.22. The van der Waals surface area contributed by atoms with E-state index in [1.54, 1.807) is 13.0 Å². The van der Waals surface area contributed by atoms with Gasteiger partial charge in [0.2, 0.25) is 32.6 Å². The average molecular weight is 740 g/mol. The highest BCUT2D eigenvalue weighted by molar-refractivity contribution is 7.13. The Morgan fingerprint density at radius 2 is 0.980 bits per heavy atom. The smallest absolute Gasteiger partial charge is 0.247 e. The zero-order valence-electron chi connectivity index (χ0n) is 24.2. The molecule has 0 saturated heterocycles. The Balaban J connectivity index is 0.000000330. The van der Waals surface area contributed by atoms with Crippen LogP contribution in [0.4, 0.5) is 0 Å². The summed E-state index contributed by atoms with van der Waals surface area (Å²) < 4.78 is 0. The molecule has 49 heavy (non-hydrogen) atoms. The first kappa shape index (κ1) is 41.2. The van der Waals surface area contributed by atoms with Gasteiger partial charge in [0.25, 0.3) is 0 Å². The van der Waals surface area contributed by atoms with Crippen molar-refractivity contribution >= 4 is 63.6 Å². The molecule has 0 N–H and O–H groups in total. The lowest BCUT2D eigenvalue weighted by Crippen LogP contribution is -2.35. The third kappa shape index (κ3) is 11.1. The Kier molecular flexibility index (Phi) is 17.8. The van der Waals surface area contributed by atoms with E-state index in [1.165, 1.54) is 28.7 Å². The van der Waals surface area contributed by atoms with Gasteiger partial charge in [0, 0.05) is 15.3 Å². The topological polar surface area (TPSA) is 102 Å². The summed E-state index contributed by atoms with van der Waals surface area (Å²) >= 11 is 18.7. The van der Waals surface area contributed by atoms with Crippen molar-refractivity contribution in [2.24, 2.45) is 0 Å². The number of halogens is 3. The van der Waals surface area contributed by atoms with Crippen molar-refractivity contribution in [2.45, 2.75) is 14.4 Å². The van der Waals surface area contributed by atoms with Crippen molar-refractivity contribution in [1.29, 1.82) is 0 Å². The van der Waals surface area contributed by atoms with Crippen LogP contribution in [0.5, 0.6) is 0 Å². The molecule has 2 heterocycles. The van der Waals surface area contributed by atoms with Gasteiger partial charge in [0.05, 0.1) is 11.1 Å². The van der Waals surface area contributed by atoms with E-state index in [1.807, 2.05) is 29.0 Å². The second kappa shape index (κ2) is 21.1. The second-order valence-corrected chi connectivity index (χ2v) is 11.0. The fraction of sp³-hybridized carbons (Fsp3) is 0.0526. The lowest BCUT2D eigenvalue weighted by molar-refractivity contribution is 1.40. The van der Waals surface area contributed by atoms with Crippen LogP contribution in [0, 0.1) is 83.4 Å². The molecule has 6 nitrogen and oxygen atoms in total. The maximum atomic E-state index is 11.2. The predicted octanol–water partition coefficient (Wildman–Crippen LogP) is 5.20. The van der Waals surface area contributed by atoms with Gasteiger partial charge >= 0.3 is 0 Å². The highest BCUT2D eigenvalue weighted by Crippen LogP contribution is 2.27. The molecule has 0 atom stereocenters. The minimum absolute atomic E-state index is 0. The van der Waals surface area contributed by atoms with Gasteiger partial charge in [-0.15, -0.1) is 29.1 Å². The zero-order chi connectivity index (χ0) is 35.6. The Bertz CT molecular complexity index is 2600. The summed E-state index contributed by atoms with van der Waals surface area (Å²) in [5, 5.41) is 3.50. The molecular formula is C38H17Cl3O6S2. The van der Waals surface area contributed by atoms with Crippen LogP contribution in [-0.2, 0) is 0 Å². The summed E-state index contributed by atoms with van der Waals surface area (Å²) in [7, 11) is 0. The molecule has 0 aliphatic rings. The van der Waals surface area contributed by atoms with Gasteiger partial charge in [-0.3, -0.25) is 28.8 Å². The lowest BCUT2D eigenvalue weighted by atomic mass is 10.00. The summed E-state index contributed by atoms with van der Waals surface area (Å²) in [6, 6.07) is 7.26. The lowest BCUT2D eigenvalue weighted by Gasteiger charge is -2.03. The van der Waals surface area contributed by atoms with Crippen molar-refractivity contribution in [3.8, 4) is 104 Å². The van der Waals surface area contributed by atoms with Gasteiger partial charge < -0.3 is 0 Å². The van der Waals surface area contributed by atoms with Crippen molar-refractivity contribution in [3.63, 3.8) is 0 Å². The maximum absolute atomic E-state index is 11.2. The molecule has 5 aromatic rings. The van der Waals surface area contributed by atoms with Crippen LogP contribution in [0.2, 0.25) is 15.1 Å². The van der Waals surface area contributed by atoms with E-state index < -0.39 is 32.6 Å². The van der Waals surface area contributed by atoms with E-state index in [0.29, 0.717) is 16.7 Å². The van der Waals surface area contributed by atoms with Crippen molar-refractivity contribution in [2.75, 3.05) is 0 Å². The first-order valence-corrected chi connectivity index (χ1v) is 15.5. The summed E-state index contributed by atoms with van der Waals surface area (Å²) in [5.41, 5.74) is -1.87. The number of hydrogen-bond acceptors (Lipinski definition) is 8. The van der Waals surface area contributed by atoms with Crippen LogP contribution in [0.15, 0.2) is 70.4 Å². The van der Waals surface area contributed by atoms with E-state index in [-0.39, 0.29) is 22.5 Å². The molecule has 238 valence electrons. The second-order valence-electron chi connectivity index (χ2n) is 8.01. The molecule has 0 fully saturated rings. The molecule has 0 saturated carbocycles. The van der Waals surface area contributed by atoms with E-state index in [4.69, 9.17) is 41.2 Å². The first-order chi connectivity index (χ1) is 23.0. The van der Waals surface area contributed by atoms with Gasteiger partial charge in [-0.2, -0.15) is 0 Å². The number of hydrogen-bond donors (Lipinski definition) is 0. The maximum Gasteiger partial charge on any atom is 0.247 e. The zero-order valence-corrected chi connectivity index (χ0v) is 28.1. The Morgan fingerprint density at radius 1 is 0.592 bits per heavy atom. The summed E-state index contributed by atoms with van der Waals surface area (Å²) in [5.74, 6) is 31.9. The Morgan fingerprint density at radius 3 is 1.33 bits per heavy atom. The number of thiophene rings is 2. The fourth-order valence-electron chi connectivity index (χ4n) is 2.99. The highest BCUT2D eigenvalue weighted by Gasteiger charge is 2.21. The third-order valence-electron chi connectivity index (χ3n) is 5.16. The molecule has 2 aromatic heterocycles. The van der Waals surface area contributed by atoms with Crippen LogP contribution in [0.25, 0.3) is 27.0 Å². The van der Waals surface area contributed by atoms with Crippen LogP contribution in [-0.4, -0.2) is 0 Å². The number of terminal acetylenes is 1. The summed E-state index contributed by atoms with van der Waals surface area (Å²) in [4.78, 5) is 65.8. The molecule has 3 aromatic carbocycles. The van der Waals surface area contributed by atoms with Crippen LogP contribution >= 0.6 is 57.5 Å². The van der Waals surface area contributed by atoms with Crippen LogP contribution in [0.3, 0.4) is 0 Å². The standard InChI is InChI=1S/C15H4.C10H6O2S.C8H3ClO2S.C4Cl2O2.CH4/c1-3-5-7-9-11-13-15-14-12-10-8-6-4-2;1-2-6-8(10(12)9(6)11)7-4-3-5-13-7;9-6-5(7(10)8(6)11)4-2-1-3-12-4;5-1-2(6)4(8)3(1)7;/h1H,2H3;2-5H,1H2;1-3H;;1H4. The monoisotopic (exact) mass is 738 g/mol. The molecule has 0 unspecified atom stereocenters. The highest BCUT2D eigenvalue weighted by atomic mass is 35.5. The van der Waals surface area contributed by atoms with Gasteiger partial charge in [-0.05, 0) is 101 Å². The van der Waals surface area contributed by atoms with Crippen molar-refractivity contribution < 1.29 is 0 Å². The Hall–Kier alpha value is -5.83. The van der Waals surface area contributed by atoms with E-state index in [2.05, 4.69) is 83.5 Å². The van der Waals surface area contributed by atoms with Crippen LogP contribution in [0.1, 0.15) is 19.9 Å². The summed E-state index contributed by atoms with van der Waals surface area (Å²) in [6.07, 6.45) is 6.32. The molecule has 0 aliphatic carbocycles. The van der Waals surface area contributed by atoms with E-state index in [9.17, 15) is 28.8 Å². The average Bonchev–Trinajstić information content (AvgIpc) is 3.84. The summed E-state index contributed by atoms with van der Waals surface area (Å²) in [6.45, 7) is 5.20. The third-order valence-corrected chi connectivity index (χ3v) is 8.11. The molecule has 11 heteroatoms. The quantitative estimate of drug-likeness (QED) is 0.186. The minimum Gasteiger partial charge on any atom is -0.285 e. The van der Waals surface area contributed by atoms with Crippen LogP contribution < -0.4 is 32.6 Å². The van der Waals surface area contributed by atoms with Gasteiger partial charge in [-0.1, -0.05) is 72.9 Å². The molecule has 0 aliphatic heterocycles. The molecule has 0 bridgehead atoms. The predicted molar refractivity (Wildman–Crippen MR) is 204 cm³/mol. The SMILES string of the molecule is C.C#CC#CC#CC#CC#CC#CC#CC.C=Cc1c(-c2cccs2)c(=O)c1=O.O=c1c(Cl)c(-c2cccs2)c1=O.O=c1c(Cl)c(Cl)c1=O. The largest absolute Gasteiger partial charge is 0.285 e. The van der Waals surface area contributed by atoms with Gasteiger partial charge in [0.15, 0.2) is 0 Å². The molecule has 0 spiro atoms. The molecular weight excluding hydrogens is 723 g/mol. The minimum atomic E-state index is -0.684. The molecule has 5 rings (SSSR count).